The largest absolute Gasteiger partial charge is 0.398 e. The molecule has 0 saturated carbocycles. The lowest BCUT2D eigenvalue weighted by Crippen LogP contribution is -1.92. The van der Waals surface area contributed by atoms with Crippen molar-refractivity contribution in [3.63, 3.8) is 0 Å². The highest BCUT2D eigenvalue weighted by atomic mass is 79.9. The number of halogens is 2. The van der Waals surface area contributed by atoms with Gasteiger partial charge < -0.3 is 5.73 Å². The van der Waals surface area contributed by atoms with Gasteiger partial charge in [-0.3, -0.25) is 0 Å². The second kappa shape index (κ2) is 4.33. The lowest BCUT2D eigenvalue weighted by molar-refractivity contribution is 0.632. The Labute approximate surface area is 115 Å². The summed E-state index contributed by atoms with van der Waals surface area (Å²) in [5.74, 6) is -0.340. The van der Waals surface area contributed by atoms with Crippen LogP contribution in [-0.4, -0.2) is 4.98 Å². The van der Waals surface area contributed by atoms with Gasteiger partial charge in [-0.1, -0.05) is 22.0 Å². The van der Waals surface area contributed by atoms with Crippen molar-refractivity contribution in [2.45, 2.75) is 0 Å². The van der Waals surface area contributed by atoms with E-state index < -0.39 is 0 Å². The minimum Gasteiger partial charge on any atom is -0.398 e. The summed E-state index contributed by atoms with van der Waals surface area (Å²) in [4.78, 5) is 4.42. The first-order valence-corrected chi connectivity index (χ1v) is 6.86. The molecule has 0 amide bonds. The van der Waals surface area contributed by atoms with E-state index in [1.165, 1.54) is 17.4 Å². The molecule has 1 aromatic heterocycles. The van der Waals surface area contributed by atoms with Crippen molar-refractivity contribution >= 4 is 43.2 Å². The maximum absolute atomic E-state index is 13.8. The monoisotopic (exact) mass is 322 g/mol. The fourth-order valence-electron chi connectivity index (χ4n) is 1.77. The highest BCUT2D eigenvalue weighted by molar-refractivity contribution is 9.10. The first-order chi connectivity index (χ1) is 8.65. The number of nitrogen functional groups attached to an aromatic ring is 1. The third-order valence-electron chi connectivity index (χ3n) is 2.61. The Hall–Kier alpha value is -1.46. The van der Waals surface area contributed by atoms with Crippen LogP contribution in [0.5, 0.6) is 0 Å². The van der Waals surface area contributed by atoms with Gasteiger partial charge in [0.15, 0.2) is 0 Å². The molecule has 0 spiro atoms. The predicted octanol–water partition coefficient (Wildman–Crippen LogP) is 4.45. The minimum atomic E-state index is -0.340. The number of rotatable bonds is 1. The first-order valence-electron chi connectivity index (χ1n) is 5.25. The third-order valence-corrected chi connectivity index (χ3v) is 4.14. The number of benzene rings is 2. The van der Waals surface area contributed by atoms with Crippen molar-refractivity contribution in [3.05, 3.63) is 46.7 Å². The van der Waals surface area contributed by atoms with E-state index in [-0.39, 0.29) is 5.82 Å². The second-order valence-electron chi connectivity index (χ2n) is 3.84. The highest BCUT2D eigenvalue weighted by Gasteiger charge is 2.13. The molecule has 2 nitrogen and oxygen atoms in total. The highest BCUT2D eigenvalue weighted by Crippen LogP contribution is 2.35. The molecule has 2 N–H and O–H groups in total. The molecule has 90 valence electrons. The van der Waals surface area contributed by atoms with Crippen LogP contribution in [0.4, 0.5) is 10.1 Å². The Kier molecular flexibility index (Phi) is 2.80. The number of nitrogens with zero attached hydrogens (tertiary/aromatic N) is 1. The van der Waals surface area contributed by atoms with Crippen molar-refractivity contribution < 1.29 is 4.39 Å². The average Bonchev–Trinajstić information content (AvgIpc) is 2.71. The van der Waals surface area contributed by atoms with E-state index in [9.17, 15) is 4.39 Å². The molecule has 3 rings (SSSR count). The average molecular weight is 323 g/mol. The fourth-order valence-corrected chi connectivity index (χ4v) is 3.36. The molecule has 5 heteroatoms. The van der Waals surface area contributed by atoms with Crippen LogP contribution in [-0.2, 0) is 0 Å². The summed E-state index contributed by atoms with van der Waals surface area (Å²) in [5.41, 5.74) is 7.46. The Morgan fingerprint density at radius 2 is 2.06 bits per heavy atom. The zero-order valence-electron chi connectivity index (χ0n) is 9.15. The van der Waals surface area contributed by atoms with Crippen molar-refractivity contribution in [3.8, 4) is 10.6 Å². The van der Waals surface area contributed by atoms with E-state index in [2.05, 4.69) is 20.9 Å². The molecule has 0 aliphatic carbocycles. The molecule has 0 aliphatic rings. The Morgan fingerprint density at radius 1 is 1.22 bits per heavy atom. The quantitative estimate of drug-likeness (QED) is 0.672. The van der Waals surface area contributed by atoms with Gasteiger partial charge in [0.2, 0.25) is 0 Å². The zero-order valence-corrected chi connectivity index (χ0v) is 11.6. The number of nitrogens with two attached hydrogens (primary N) is 1. The summed E-state index contributed by atoms with van der Waals surface area (Å²) in [6, 6.07) is 10.5. The van der Waals surface area contributed by atoms with E-state index in [4.69, 9.17) is 5.73 Å². The number of fused-ring (bicyclic) bond motifs is 1. The molecule has 1 heterocycles. The van der Waals surface area contributed by atoms with Crippen LogP contribution in [0.2, 0.25) is 0 Å². The summed E-state index contributed by atoms with van der Waals surface area (Å²) >= 11 is 4.84. The topological polar surface area (TPSA) is 38.9 Å². The van der Waals surface area contributed by atoms with Crippen LogP contribution in [0.1, 0.15) is 0 Å². The van der Waals surface area contributed by atoms with Crippen LogP contribution < -0.4 is 5.73 Å². The SMILES string of the molecule is Nc1cccc(F)c1-c1nc2ccc(Br)cc2s1. The molecular weight excluding hydrogens is 315 g/mol. The summed E-state index contributed by atoms with van der Waals surface area (Å²) in [5, 5.41) is 0.610. The van der Waals surface area contributed by atoms with E-state index >= 15 is 0 Å². The molecule has 3 aromatic rings. The normalized spacial score (nSPS) is 11.0. The Morgan fingerprint density at radius 3 is 2.83 bits per heavy atom. The van der Waals surface area contributed by atoms with Gasteiger partial charge in [0.05, 0.1) is 15.8 Å². The van der Waals surface area contributed by atoms with Gasteiger partial charge in [0.25, 0.3) is 0 Å². The first kappa shape index (κ1) is 11.6. The summed E-state index contributed by atoms with van der Waals surface area (Å²) < 4.78 is 15.8. The molecule has 0 radical (unpaired) electrons. The van der Waals surface area contributed by atoms with Crippen LogP contribution in [0.15, 0.2) is 40.9 Å². The standard InChI is InChI=1S/C13H8BrFN2S/c14-7-4-5-10-11(6-7)18-13(17-10)12-8(15)2-1-3-9(12)16/h1-6H,16H2. The number of hydrogen-bond donors (Lipinski definition) is 1. The van der Waals surface area contributed by atoms with Gasteiger partial charge >= 0.3 is 0 Å². The van der Waals surface area contributed by atoms with Gasteiger partial charge in [-0.15, -0.1) is 11.3 Å². The van der Waals surface area contributed by atoms with Crippen molar-refractivity contribution in [2.75, 3.05) is 5.73 Å². The van der Waals surface area contributed by atoms with E-state index in [1.54, 1.807) is 12.1 Å². The molecule has 2 aromatic carbocycles. The van der Waals surface area contributed by atoms with Crippen molar-refractivity contribution in [1.82, 2.24) is 4.98 Å². The molecule has 0 saturated heterocycles. The lowest BCUT2D eigenvalue weighted by Gasteiger charge is -2.02. The maximum atomic E-state index is 13.8. The number of thiazole rings is 1. The molecular formula is C13H8BrFN2S. The third kappa shape index (κ3) is 1.89. The lowest BCUT2D eigenvalue weighted by atomic mass is 10.2. The summed E-state index contributed by atoms with van der Waals surface area (Å²) in [6.07, 6.45) is 0. The van der Waals surface area contributed by atoms with E-state index in [1.807, 2.05) is 18.2 Å². The number of anilines is 1. The van der Waals surface area contributed by atoms with E-state index in [0.717, 1.165) is 14.7 Å². The number of aromatic nitrogens is 1. The van der Waals surface area contributed by atoms with Crippen LogP contribution in [0, 0.1) is 5.82 Å². The molecule has 0 unspecified atom stereocenters. The smallest absolute Gasteiger partial charge is 0.135 e. The van der Waals surface area contributed by atoms with Gasteiger partial charge in [0, 0.05) is 10.2 Å². The minimum absolute atomic E-state index is 0.340. The Balaban J connectivity index is 2.26. The van der Waals surface area contributed by atoms with Gasteiger partial charge in [0.1, 0.15) is 10.8 Å². The van der Waals surface area contributed by atoms with Crippen LogP contribution in [0.25, 0.3) is 20.8 Å². The zero-order chi connectivity index (χ0) is 12.7. The number of hydrogen-bond acceptors (Lipinski definition) is 3. The molecule has 0 atom stereocenters. The Bertz CT molecular complexity index is 719. The fraction of sp³-hybridized carbons (Fsp3) is 0. The van der Waals surface area contributed by atoms with Gasteiger partial charge in [-0.05, 0) is 30.3 Å². The second-order valence-corrected chi connectivity index (χ2v) is 5.78. The molecule has 0 fully saturated rings. The van der Waals surface area contributed by atoms with E-state index in [0.29, 0.717) is 16.3 Å². The van der Waals surface area contributed by atoms with Crippen LogP contribution >= 0.6 is 27.3 Å². The van der Waals surface area contributed by atoms with Crippen molar-refractivity contribution in [1.29, 1.82) is 0 Å². The summed E-state index contributed by atoms with van der Waals surface area (Å²) in [7, 11) is 0. The molecule has 0 bridgehead atoms. The van der Waals surface area contributed by atoms with Crippen molar-refractivity contribution in [2.24, 2.45) is 0 Å². The molecule has 0 aliphatic heterocycles. The van der Waals surface area contributed by atoms with Gasteiger partial charge in [-0.2, -0.15) is 0 Å². The predicted molar refractivity (Wildman–Crippen MR) is 77.1 cm³/mol. The summed E-state index contributed by atoms with van der Waals surface area (Å²) in [6.45, 7) is 0. The van der Waals surface area contributed by atoms with Crippen LogP contribution in [0.3, 0.4) is 0 Å². The molecule has 18 heavy (non-hydrogen) atoms. The maximum Gasteiger partial charge on any atom is 0.135 e. The van der Waals surface area contributed by atoms with Gasteiger partial charge in [-0.25, -0.2) is 9.37 Å².